The highest BCUT2D eigenvalue weighted by atomic mass is 79.9. The van der Waals surface area contributed by atoms with Crippen LogP contribution in [0, 0.1) is 6.92 Å². The molecule has 0 aliphatic heterocycles. The van der Waals surface area contributed by atoms with Gasteiger partial charge in [-0.05, 0) is 25.5 Å². The third-order valence-electron chi connectivity index (χ3n) is 2.34. The summed E-state index contributed by atoms with van der Waals surface area (Å²) in [6, 6.07) is 7.76. The molecule has 0 spiro atoms. The van der Waals surface area contributed by atoms with Gasteiger partial charge in [0.1, 0.15) is 11.8 Å². The molecule has 2 rings (SSSR count). The largest absolute Gasteiger partial charge is 0.385 e. The molecule has 16 heavy (non-hydrogen) atoms. The van der Waals surface area contributed by atoms with Crippen molar-refractivity contribution in [1.82, 2.24) is 5.16 Å². The molecule has 0 amide bonds. The van der Waals surface area contributed by atoms with Crippen LogP contribution in [-0.4, -0.2) is 10.3 Å². The normalized spacial score (nSPS) is 12.8. The van der Waals surface area contributed by atoms with E-state index in [9.17, 15) is 5.11 Å². The zero-order valence-electron chi connectivity index (χ0n) is 9.07. The summed E-state index contributed by atoms with van der Waals surface area (Å²) in [5.74, 6) is 0.475. The van der Waals surface area contributed by atoms with Crippen LogP contribution in [0.4, 0.5) is 0 Å². The van der Waals surface area contributed by atoms with Gasteiger partial charge in [-0.25, -0.2) is 0 Å². The summed E-state index contributed by atoms with van der Waals surface area (Å²) < 4.78 is 6.02. The fourth-order valence-corrected chi connectivity index (χ4v) is 2.14. The number of hydrogen-bond donors (Lipinski definition) is 1. The summed E-state index contributed by atoms with van der Waals surface area (Å²) in [6.45, 7) is 3.67. The lowest BCUT2D eigenvalue weighted by Gasteiger charge is -2.00. The van der Waals surface area contributed by atoms with Gasteiger partial charge in [-0.3, -0.25) is 0 Å². The molecule has 0 aliphatic carbocycles. The monoisotopic (exact) mass is 281 g/mol. The van der Waals surface area contributed by atoms with E-state index in [1.165, 1.54) is 5.56 Å². The second-order valence-electron chi connectivity index (χ2n) is 3.77. The van der Waals surface area contributed by atoms with Crippen molar-refractivity contribution in [2.24, 2.45) is 0 Å². The maximum Gasteiger partial charge on any atom is 0.165 e. The average Bonchev–Trinajstić information content (AvgIpc) is 2.66. The van der Waals surface area contributed by atoms with Gasteiger partial charge in [-0.2, -0.15) is 0 Å². The van der Waals surface area contributed by atoms with Crippen molar-refractivity contribution in [2.75, 3.05) is 0 Å². The summed E-state index contributed by atoms with van der Waals surface area (Å²) in [6.07, 6.45) is -0.634. The number of aryl methyl sites for hydroxylation is 1. The number of aliphatic hydroxyl groups excluding tert-OH is 1. The van der Waals surface area contributed by atoms with Crippen molar-refractivity contribution in [2.45, 2.75) is 20.0 Å². The van der Waals surface area contributed by atoms with E-state index < -0.39 is 6.10 Å². The fourth-order valence-electron chi connectivity index (χ4n) is 1.44. The van der Waals surface area contributed by atoms with Crippen LogP contribution in [0.3, 0.4) is 0 Å². The molecule has 4 heteroatoms. The first-order valence-corrected chi connectivity index (χ1v) is 5.78. The smallest absolute Gasteiger partial charge is 0.165 e. The van der Waals surface area contributed by atoms with E-state index in [1.54, 1.807) is 13.0 Å². The number of benzene rings is 1. The Bertz CT molecular complexity index is 505. The number of halogens is 1. The first-order chi connectivity index (χ1) is 7.58. The minimum absolute atomic E-state index is 0.475. The summed E-state index contributed by atoms with van der Waals surface area (Å²) in [5.41, 5.74) is 2.86. The molecule has 84 valence electrons. The zero-order chi connectivity index (χ0) is 11.7. The predicted molar refractivity (Wildman–Crippen MR) is 65.0 cm³/mol. The van der Waals surface area contributed by atoms with Crippen LogP contribution in [0.1, 0.15) is 24.4 Å². The van der Waals surface area contributed by atoms with Crippen molar-refractivity contribution in [3.05, 3.63) is 40.1 Å². The molecule has 0 saturated carbocycles. The Balaban J connectivity index is 2.42. The van der Waals surface area contributed by atoms with Crippen molar-refractivity contribution >= 4 is 15.9 Å². The quantitative estimate of drug-likeness (QED) is 0.917. The molecular formula is C12H12BrNO2. The highest BCUT2D eigenvalue weighted by Crippen LogP contribution is 2.29. The van der Waals surface area contributed by atoms with E-state index in [0.29, 0.717) is 5.76 Å². The van der Waals surface area contributed by atoms with E-state index in [0.717, 1.165) is 15.7 Å². The number of nitrogens with zero attached hydrogens (tertiary/aromatic N) is 1. The minimum atomic E-state index is -0.634. The van der Waals surface area contributed by atoms with Gasteiger partial charge in [0.05, 0.1) is 0 Å². The Kier molecular flexibility index (Phi) is 3.12. The SMILES string of the molecule is Cc1ccc(-c2cc(C(C)O)on2)c(Br)c1. The number of aliphatic hydroxyl groups is 1. The topological polar surface area (TPSA) is 46.3 Å². The predicted octanol–water partition coefficient (Wildman–Crippen LogP) is 3.47. The second kappa shape index (κ2) is 4.39. The van der Waals surface area contributed by atoms with Gasteiger partial charge >= 0.3 is 0 Å². The maximum atomic E-state index is 9.35. The molecule has 0 radical (unpaired) electrons. The van der Waals surface area contributed by atoms with Crippen molar-refractivity contribution in [1.29, 1.82) is 0 Å². The van der Waals surface area contributed by atoms with Gasteiger partial charge in [0.15, 0.2) is 5.76 Å². The van der Waals surface area contributed by atoms with Gasteiger partial charge in [-0.15, -0.1) is 0 Å². The molecule has 1 N–H and O–H groups in total. The van der Waals surface area contributed by atoms with Gasteiger partial charge in [-0.1, -0.05) is 33.2 Å². The Hall–Kier alpha value is -1.13. The summed E-state index contributed by atoms with van der Waals surface area (Å²) >= 11 is 3.49. The van der Waals surface area contributed by atoms with Crippen LogP contribution in [0.25, 0.3) is 11.3 Å². The van der Waals surface area contributed by atoms with E-state index in [2.05, 4.69) is 21.1 Å². The molecule has 2 aromatic rings. The summed E-state index contributed by atoms with van der Waals surface area (Å²) in [4.78, 5) is 0. The van der Waals surface area contributed by atoms with Crippen LogP contribution in [0.15, 0.2) is 33.3 Å². The number of aromatic nitrogens is 1. The molecule has 1 atom stereocenters. The standard InChI is InChI=1S/C12H12BrNO2/c1-7-3-4-9(10(13)5-7)11-6-12(8(2)15)16-14-11/h3-6,8,15H,1-2H3. The molecule has 0 bridgehead atoms. The maximum absolute atomic E-state index is 9.35. The first kappa shape index (κ1) is 11.4. The van der Waals surface area contributed by atoms with E-state index in [4.69, 9.17) is 4.52 Å². The Morgan fingerprint density at radius 3 is 2.69 bits per heavy atom. The molecule has 3 nitrogen and oxygen atoms in total. The Morgan fingerprint density at radius 1 is 1.38 bits per heavy atom. The van der Waals surface area contributed by atoms with E-state index >= 15 is 0 Å². The molecule has 0 fully saturated rings. The van der Waals surface area contributed by atoms with Crippen LogP contribution in [-0.2, 0) is 0 Å². The van der Waals surface area contributed by atoms with Crippen molar-refractivity contribution in [3.63, 3.8) is 0 Å². The average molecular weight is 282 g/mol. The molecule has 1 aromatic carbocycles. The lowest BCUT2D eigenvalue weighted by atomic mass is 10.1. The van der Waals surface area contributed by atoms with Gasteiger partial charge in [0, 0.05) is 16.1 Å². The zero-order valence-corrected chi connectivity index (χ0v) is 10.7. The molecule has 0 aliphatic rings. The third kappa shape index (κ3) is 2.18. The molecular weight excluding hydrogens is 270 g/mol. The Morgan fingerprint density at radius 2 is 2.12 bits per heavy atom. The molecule has 1 unspecified atom stereocenters. The highest BCUT2D eigenvalue weighted by Gasteiger charge is 2.12. The summed E-state index contributed by atoms with van der Waals surface area (Å²) in [7, 11) is 0. The Labute approximate surface area is 102 Å². The third-order valence-corrected chi connectivity index (χ3v) is 3.00. The lowest BCUT2D eigenvalue weighted by molar-refractivity contribution is 0.158. The number of rotatable bonds is 2. The lowest BCUT2D eigenvalue weighted by Crippen LogP contribution is -1.85. The van der Waals surface area contributed by atoms with Gasteiger partial charge in [0.25, 0.3) is 0 Å². The van der Waals surface area contributed by atoms with Gasteiger partial charge in [0.2, 0.25) is 0 Å². The molecule has 1 heterocycles. The molecule has 1 aromatic heterocycles. The van der Waals surface area contributed by atoms with Gasteiger partial charge < -0.3 is 9.63 Å². The minimum Gasteiger partial charge on any atom is -0.385 e. The second-order valence-corrected chi connectivity index (χ2v) is 4.63. The van der Waals surface area contributed by atoms with Crippen molar-refractivity contribution < 1.29 is 9.63 Å². The fraction of sp³-hybridized carbons (Fsp3) is 0.250. The summed E-state index contributed by atoms with van der Waals surface area (Å²) in [5, 5.41) is 13.3. The van der Waals surface area contributed by atoms with Crippen LogP contribution in [0.2, 0.25) is 0 Å². The van der Waals surface area contributed by atoms with Crippen LogP contribution < -0.4 is 0 Å². The van der Waals surface area contributed by atoms with Crippen LogP contribution in [0.5, 0.6) is 0 Å². The molecule has 0 saturated heterocycles. The highest BCUT2D eigenvalue weighted by molar-refractivity contribution is 9.10. The van der Waals surface area contributed by atoms with Crippen molar-refractivity contribution in [3.8, 4) is 11.3 Å². The number of hydrogen-bond acceptors (Lipinski definition) is 3. The van der Waals surface area contributed by atoms with Crippen LogP contribution >= 0.6 is 15.9 Å². The first-order valence-electron chi connectivity index (χ1n) is 4.99. The van der Waals surface area contributed by atoms with E-state index in [-0.39, 0.29) is 0 Å². The van der Waals surface area contributed by atoms with E-state index in [1.807, 2.05) is 25.1 Å².